The molecule has 3 N–H and O–H groups in total. The first-order chi connectivity index (χ1) is 14.6. The Morgan fingerprint density at radius 2 is 2.06 bits per heavy atom. The summed E-state index contributed by atoms with van der Waals surface area (Å²) in [6.07, 6.45) is 8.53. The van der Waals surface area contributed by atoms with E-state index in [1.165, 1.54) is 13.0 Å². The van der Waals surface area contributed by atoms with Crippen LogP contribution in [-0.4, -0.2) is 50.2 Å². The van der Waals surface area contributed by atoms with E-state index in [2.05, 4.69) is 11.9 Å². The molecule has 0 aromatic carbocycles. The van der Waals surface area contributed by atoms with Gasteiger partial charge in [-0.2, -0.15) is 0 Å². The van der Waals surface area contributed by atoms with Crippen molar-refractivity contribution in [2.45, 2.75) is 76.8 Å². The second kappa shape index (κ2) is 11.4. The van der Waals surface area contributed by atoms with Gasteiger partial charge >= 0.3 is 5.97 Å². The third kappa shape index (κ3) is 7.73. The summed E-state index contributed by atoms with van der Waals surface area (Å²) in [5, 5.41) is 31.0. The molecule has 1 aromatic rings. The van der Waals surface area contributed by atoms with Gasteiger partial charge in [-0.15, -0.1) is 0 Å². The van der Waals surface area contributed by atoms with Crippen LogP contribution >= 0.6 is 0 Å². The van der Waals surface area contributed by atoms with Gasteiger partial charge in [0.15, 0.2) is 0 Å². The third-order valence-electron chi connectivity index (χ3n) is 5.72. The topological polar surface area (TPSA) is 99.9 Å². The fourth-order valence-electron chi connectivity index (χ4n) is 3.51. The summed E-state index contributed by atoms with van der Waals surface area (Å²) >= 11 is 0. The summed E-state index contributed by atoms with van der Waals surface area (Å²) in [5.41, 5.74) is 0.418. The molecule has 0 aliphatic carbocycles. The standard InChI is InChI=1S/C25H35NO5/c1-17(21-10-5-6-15-26-21)8-7-9-18(2)24-19(3)11-12-22(28)25(4,30)14-13-20(27)16-23(29)31-24/h5-12,15,17,19-20,22,24,27-28,30H,13-14,16H2,1-4H3/b8-7+,12-11-,18-9+/t17-,19+,20-,22+,24-,25-/m1/s1. The van der Waals surface area contributed by atoms with E-state index in [0.717, 1.165) is 11.3 Å². The Hall–Kier alpha value is -2.28. The SMILES string of the molecule is C/C(=C\C=C\[C@@H](C)c1ccccn1)[C@H]1OC(=O)C[C@H](O)CC[C@@](C)(O)[C@@H](O)/C=C\[C@@H]1C. The van der Waals surface area contributed by atoms with Gasteiger partial charge in [0.2, 0.25) is 0 Å². The van der Waals surface area contributed by atoms with Crippen LogP contribution in [0.4, 0.5) is 0 Å². The molecule has 6 nitrogen and oxygen atoms in total. The van der Waals surface area contributed by atoms with Crippen LogP contribution in [0.1, 0.15) is 58.6 Å². The number of rotatable bonds is 4. The quantitative estimate of drug-likeness (QED) is 0.385. The fraction of sp³-hybridized carbons (Fsp3) is 0.520. The highest BCUT2D eigenvalue weighted by Crippen LogP contribution is 2.25. The molecule has 0 amide bonds. The second-order valence-electron chi connectivity index (χ2n) is 8.69. The summed E-state index contributed by atoms with van der Waals surface area (Å²) in [6.45, 7) is 7.35. The number of allylic oxidation sites excluding steroid dienone is 3. The number of aliphatic hydroxyl groups excluding tert-OH is 2. The highest BCUT2D eigenvalue weighted by Gasteiger charge is 2.31. The lowest BCUT2D eigenvalue weighted by molar-refractivity contribution is -0.151. The van der Waals surface area contributed by atoms with Gasteiger partial charge in [-0.05, 0) is 44.4 Å². The van der Waals surface area contributed by atoms with Gasteiger partial charge in [0, 0.05) is 23.7 Å². The summed E-state index contributed by atoms with van der Waals surface area (Å²) in [6, 6.07) is 5.80. The number of pyridine rings is 1. The Kier molecular flexibility index (Phi) is 9.16. The molecule has 2 rings (SSSR count). The minimum absolute atomic E-state index is 0.133. The van der Waals surface area contributed by atoms with Crippen LogP contribution in [0, 0.1) is 5.92 Å². The Morgan fingerprint density at radius 1 is 1.32 bits per heavy atom. The number of aliphatic hydroxyl groups is 3. The molecule has 0 radical (unpaired) electrons. The molecular formula is C25H35NO5. The van der Waals surface area contributed by atoms with Crippen molar-refractivity contribution in [1.82, 2.24) is 4.98 Å². The predicted octanol–water partition coefficient (Wildman–Crippen LogP) is 3.45. The molecule has 0 bridgehead atoms. The van der Waals surface area contributed by atoms with Crippen molar-refractivity contribution in [2.75, 3.05) is 0 Å². The molecule has 2 heterocycles. The molecule has 0 spiro atoms. The number of cyclic esters (lactones) is 1. The zero-order valence-corrected chi connectivity index (χ0v) is 18.8. The molecule has 0 saturated heterocycles. The second-order valence-corrected chi connectivity index (χ2v) is 8.69. The molecule has 6 heteroatoms. The summed E-state index contributed by atoms with van der Waals surface area (Å²) in [4.78, 5) is 16.7. The molecule has 1 aliphatic heterocycles. The number of esters is 1. The van der Waals surface area contributed by atoms with Gasteiger partial charge < -0.3 is 20.1 Å². The number of hydrogen-bond acceptors (Lipinski definition) is 6. The van der Waals surface area contributed by atoms with Crippen LogP contribution in [0.2, 0.25) is 0 Å². The van der Waals surface area contributed by atoms with E-state index < -0.39 is 29.9 Å². The van der Waals surface area contributed by atoms with Crippen molar-refractivity contribution >= 4 is 5.97 Å². The number of hydrogen-bond donors (Lipinski definition) is 3. The summed E-state index contributed by atoms with van der Waals surface area (Å²) < 4.78 is 5.69. The van der Waals surface area contributed by atoms with Gasteiger partial charge in [-0.1, -0.05) is 50.3 Å². The van der Waals surface area contributed by atoms with Crippen LogP contribution < -0.4 is 0 Å². The number of aromatic nitrogens is 1. The smallest absolute Gasteiger partial charge is 0.309 e. The molecule has 0 saturated carbocycles. The molecule has 31 heavy (non-hydrogen) atoms. The normalized spacial score (nSPS) is 33.3. The van der Waals surface area contributed by atoms with E-state index in [0.29, 0.717) is 0 Å². The zero-order valence-electron chi connectivity index (χ0n) is 18.8. The lowest BCUT2D eigenvalue weighted by atomic mass is 9.89. The molecule has 1 aliphatic rings. The van der Waals surface area contributed by atoms with Crippen molar-refractivity contribution < 1.29 is 24.9 Å². The first-order valence-electron chi connectivity index (χ1n) is 10.8. The molecule has 170 valence electrons. The highest BCUT2D eigenvalue weighted by molar-refractivity contribution is 5.70. The molecular weight excluding hydrogens is 394 g/mol. The lowest BCUT2D eigenvalue weighted by Crippen LogP contribution is -2.39. The fourth-order valence-corrected chi connectivity index (χ4v) is 3.51. The maximum atomic E-state index is 12.4. The lowest BCUT2D eigenvalue weighted by Gasteiger charge is -2.30. The van der Waals surface area contributed by atoms with Crippen molar-refractivity contribution in [3.63, 3.8) is 0 Å². The van der Waals surface area contributed by atoms with Crippen molar-refractivity contribution in [1.29, 1.82) is 0 Å². The highest BCUT2D eigenvalue weighted by atomic mass is 16.5. The van der Waals surface area contributed by atoms with E-state index in [9.17, 15) is 20.1 Å². The maximum absolute atomic E-state index is 12.4. The van der Waals surface area contributed by atoms with Crippen LogP contribution in [0.5, 0.6) is 0 Å². The molecule has 0 fully saturated rings. The molecule has 6 atom stereocenters. The zero-order chi connectivity index (χ0) is 23.0. The Morgan fingerprint density at radius 3 is 2.74 bits per heavy atom. The summed E-state index contributed by atoms with van der Waals surface area (Å²) in [7, 11) is 0. The Balaban J connectivity index is 2.21. The van der Waals surface area contributed by atoms with Gasteiger partial charge in [0.25, 0.3) is 0 Å². The van der Waals surface area contributed by atoms with E-state index in [-0.39, 0.29) is 31.1 Å². The van der Waals surface area contributed by atoms with E-state index >= 15 is 0 Å². The maximum Gasteiger partial charge on any atom is 0.309 e. The van der Waals surface area contributed by atoms with Crippen LogP contribution in [0.3, 0.4) is 0 Å². The Bertz CT molecular complexity index is 799. The van der Waals surface area contributed by atoms with Crippen LogP contribution in [-0.2, 0) is 9.53 Å². The number of carbonyl (C=O) groups excluding carboxylic acids is 1. The van der Waals surface area contributed by atoms with Crippen LogP contribution in [0.25, 0.3) is 0 Å². The Labute approximate surface area is 185 Å². The first-order valence-corrected chi connectivity index (χ1v) is 10.8. The van der Waals surface area contributed by atoms with E-state index in [1.54, 1.807) is 12.3 Å². The van der Waals surface area contributed by atoms with Crippen molar-refractivity contribution in [2.24, 2.45) is 5.92 Å². The molecule has 0 unspecified atom stereocenters. The largest absolute Gasteiger partial charge is 0.457 e. The van der Waals surface area contributed by atoms with Gasteiger partial charge in [0.1, 0.15) is 12.2 Å². The van der Waals surface area contributed by atoms with Gasteiger partial charge in [-0.25, -0.2) is 0 Å². The average Bonchev–Trinajstić information content (AvgIpc) is 2.73. The van der Waals surface area contributed by atoms with Gasteiger partial charge in [0.05, 0.1) is 18.1 Å². The number of nitrogens with zero attached hydrogens (tertiary/aromatic N) is 1. The van der Waals surface area contributed by atoms with Gasteiger partial charge in [-0.3, -0.25) is 9.78 Å². The van der Waals surface area contributed by atoms with Crippen molar-refractivity contribution in [3.8, 4) is 0 Å². The predicted molar refractivity (Wildman–Crippen MR) is 120 cm³/mol. The minimum atomic E-state index is -1.38. The third-order valence-corrected chi connectivity index (χ3v) is 5.72. The minimum Gasteiger partial charge on any atom is -0.457 e. The monoisotopic (exact) mass is 429 g/mol. The first kappa shape index (κ1) is 25.0. The van der Waals surface area contributed by atoms with Crippen molar-refractivity contribution in [3.05, 3.63) is 66.0 Å². The number of ether oxygens (including phenoxy) is 1. The van der Waals surface area contributed by atoms with E-state index in [1.807, 2.05) is 50.3 Å². The molecule has 1 aromatic heterocycles. The average molecular weight is 430 g/mol. The summed E-state index contributed by atoms with van der Waals surface area (Å²) in [5.74, 6) is -0.588. The number of carbonyl (C=O) groups is 1. The van der Waals surface area contributed by atoms with Crippen LogP contribution in [0.15, 0.2) is 60.3 Å². The van der Waals surface area contributed by atoms with E-state index in [4.69, 9.17) is 4.74 Å².